The molecule has 166 valence electrons. The summed E-state index contributed by atoms with van der Waals surface area (Å²) >= 11 is 1.36. The van der Waals surface area contributed by atoms with E-state index in [4.69, 9.17) is 9.47 Å². The zero-order valence-electron chi connectivity index (χ0n) is 18.0. The lowest BCUT2D eigenvalue weighted by Crippen LogP contribution is -2.18. The Kier molecular flexibility index (Phi) is 7.17. The molecule has 1 amide bonds. The van der Waals surface area contributed by atoms with E-state index in [1.807, 2.05) is 30.5 Å². The number of fused-ring (bicyclic) bond motifs is 1. The molecular weight excluding hydrogens is 436 g/mol. The van der Waals surface area contributed by atoms with E-state index >= 15 is 0 Å². The monoisotopic (exact) mass is 462 g/mol. The zero-order valence-corrected chi connectivity index (χ0v) is 19.7. The van der Waals surface area contributed by atoms with Crippen molar-refractivity contribution >= 4 is 37.3 Å². The van der Waals surface area contributed by atoms with E-state index in [-0.39, 0.29) is 17.1 Å². The maximum Gasteiger partial charge on any atom is 0.249 e. The number of aryl methyl sites for hydroxylation is 2. The highest BCUT2D eigenvalue weighted by atomic mass is 32.2. The second-order valence-corrected chi connectivity index (χ2v) is 10.2. The van der Waals surface area contributed by atoms with Crippen LogP contribution in [0.4, 0.5) is 0 Å². The maximum absolute atomic E-state index is 12.5. The summed E-state index contributed by atoms with van der Waals surface area (Å²) in [5.41, 5.74) is 1.87. The Balaban J connectivity index is 1.91. The molecule has 3 aromatic rings. The number of benzene rings is 2. The Bertz CT molecular complexity index is 1260. The lowest BCUT2D eigenvalue weighted by atomic mass is 10.2. The fourth-order valence-electron chi connectivity index (χ4n) is 3.17. The van der Waals surface area contributed by atoms with Gasteiger partial charge in [0.25, 0.3) is 0 Å². The number of carbonyl (C=O) groups is 1. The standard InChI is InChI=1S/C22H26N2O5S2/c1-5-11-24-17-13-18(28-3)19(29-4)14-20(17)30-22(24)23-21(25)10-12-31(26,27)16-8-6-15(2)7-9-16/h6-9,13-14H,5,10-12H2,1-4H3. The molecule has 3 rings (SSSR count). The van der Waals surface area contributed by atoms with E-state index in [9.17, 15) is 13.2 Å². The number of hydrogen-bond acceptors (Lipinski definition) is 6. The fraction of sp³-hybridized carbons (Fsp3) is 0.364. The van der Waals surface area contributed by atoms with Crippen LogP contribution in [0.25, 0.3) is 10.2 Å². The SMILES string of the molecule is CCCn1c(=NC(=O)CCS(=O)(=O)c2ccc(C)cc2)sc2cc(OC)c(OC)cc21. The fourth-order valence-corrected chi connectivity index (χ4v) is 5.48. The summed E-state index contributed by atoms with van der Waals surface area (Å²) in [5, 5.41) is 0. The molecule has 0 aliphatic carbocycles. The molecule has 0 atom stereocenters. The number of amides is 1. The first kappa shape index (κ1) is 23.0. The predicted molar refractivity (Wildman–Crippen MR) is 122 cm³/mol. The van der Waals surface area contributed by atoms with E-state index in [1.54, 1.807) is 38.5 Å². The van der Waals surface area contributed by atoms with Gasteiger partial charge in [0.2, 0.25) is 5.91 Å². The number of rotatable bonds is 8. The van der Waals surface area contributed by atoms with Crippen molar-refractivity contribution in [2.75, 3.05) is 20.0 Å². The lowest BCUT2D eigenvalue weighted by molar-refractivity contribution is -0.117. The number of nitrogens with zero attached hydrogens (tertiary/aromatic N) is 2. The van der Waals surface area contributed by atoms with Crippen molar-refractivity contribution in [3.8, 4) is 11.5 Å². The summed E-state index contributed by atoms with van der Waals surface area (Å²) in [4.78, 5) is 17.5. The van der Waals surface area contributed by atoms with Crippen molar-refractivity contribution in [1.82, 2.24) is 4.57 Å². The molecule has 0 fully saturated rings. The minimum absolute atomic E-state index is 0.177. The van der Waals surface area contributed by atoms with Crippen LogP contribution < -0.4 is 14.3 Å². The second-order valence-electron chi connectivity index (χ2n) is 7.10. The third-order valence-corrected chi connectivity index (χ3v) is 7.59. The molecule has 31 heavy (non-hydrogen) atoms. The predicted octanol–water partition coefficient (Wildman–Crippen LogP) is 3.73. The van der Waals surface area contributed by atoms with Crippen molar-refractivity contribution in [1.29, 1.82) is 0 Å². The summed E-state index contributed by atoms with van der Waals surface area (Å²) in [6.45, 7) is 4.60. The quantitative estimate of drug-likeness (QED) is 0.509. The molecule has 0 bridgehead atoms. The largest absolute Gasteiger partial charge is 0.493 e. The van der Waals surface area contributed by atoms with E-state index in [0.29, 0.717) is 22.8 Å². The third kappa shape index (κ3) is 5.16. The molecule has 0 aliphatic heterocycles. The van der Waals surface area contributed by atoms with Crippen molar-refractivity contribution in [2.45, 2.75) is 38.1 Å². The average molecular weight is 463 g/mol. The Hall–Kier alpha value is -2.65. The van der Waals surface area contributed by atoms with Gasteiger partial charge in [0.1, 0.15) is 0 Å². The molecule has 2 aromatic carbocycles. The van der Waals surface area contributed by atoms with Gasteiger partial charge in [-0.05, 0) is 25.5 Å². The Morgan fingerprint density at radius 2 is 1.74 bits per heavy atom. The highest BCUT2D eigenvalue weighted by Crippen LogP contribution is 2.33. The first-order chi connectivity index (χ1) is 14.8. The Morgan fingerprint density at radius 3 is 2.35 bits per heavy atom. The average Bonchev–Trinajstić information content (AvgIpc) is 3.07. The Morgan fingerprint density at radius 1 is 1.10 bits per heavy atom. The molecule has 0 unspecified atom stereocenters. The smallest absolute Gasteiger partial charge is 0.249 e. The number of ether oxygens (including phenoxy) is 2. The van der Waals surface area contributed by atoms with E-state index in [2.05, 4.69) is 4.99 Å². The van der Waals surface area contributed by atoms with Crippen LogP contribution in [0.5, 0.6) is 11.5 Å². The Labute approximate surface area is 185 Å². The third-order valence-electron chi connectivity index (χ3n) is 4.82. The topological polar surface area (TPSA) is 87.0 Å². The van der Waals surface area contributed by atoms with Crippen LogP contribution in [-0.4, -0.2) is 38.9 Å². The molecule has 9 heteroatoms. The highest BCUT2D eigenvalue weighted by Gasteiger charge is 2.17. The number of carbonyl (C=O) groups excluding carboxylic acids is 1. The summed E-state index contributed by atoms with van der Waals surface area (Å²) in [6, 6.07) is 10.3. The van der Waals surface area contributed by atoms with Gasteiger partial charge in [0.05, 0.1) is 35.1 Å². The van der Waals surface area contributed by atoms with Gasteiger partial charge in [-0.1, -0.05) is 36.0 Å². The van der Waals surface area contributed by atoms with Gasteiger partial charge >= 0.3 is 0 Å². The van der Waals surface area contributed by atoms with Crippen molar-refractivity contribution in [3.05, 3.63) is 46.8 Å². The summed E-state index contributed by atoms with van der Waals surface area (Å²) in [6.07, 6.45) is 0.673. The lowest BCUT2D eigenvalue weighted by Gasteiger charge is -2.08. The van der Waals surface area contributed by atoms with Crippen LogP contribution >= 0.6 is 11.3 Å². The number of hydrogen-bond donors (Lipinski definition) is 0. The van der Waals surface area contributed by atoms with Gasteiger partial charge in [-0.3, -0.25) is 4.79 Å². The van der Waals surface area contributed by atoms with Crippen LogP contribution in [0.15, 0.2) is 46.3 Å². The van der Waals surface area contributed by atoms with Crippen molar-refractivity contribution in [3.63, 3.8) is 0 Å². The number of methoxy groups -OCH3 is 2. The summed E-state index contributed by atoms with van der Waals surface area (Å²) in [7, 11) is -0.402. The molecule has 1 heterocycles. The zero-order chi connectivity index (χ0) is 22.6. The van der Waals surface area contributed by atoms with Crippen LogP contribution in [0.2, 0.25) is 0 Å². The second kappa shape index (κ2) is 9.65. The summed E-state index contributed by atoms with van der Waals surface area (Å²) in [5.74, 6) is 0.450. The van der Waals surface area contributed by atoms with E-state index < -0.39 is 15.7 Å². The molecule has 0 N–H and O–H groups in total. The van der Waals surface area contributed by atoms with Gasteiger partial charge in [-0.25, -0.2) is 8.42 Å². The van der Waals surface area contributed by atoms with Gasteiger partial charge in [0.15, 0.2) is 26.1 Å². The van der Waals surface area contributed by atoms with Crippen LogP contribution in [0.3, 0.4) is 0 Å². The molecule has 0 aliphatic rings. The molecule has 0 saturated heterocycles. The molecular formula is C22H26N2O5S2. The maximum atomic E-state index is 12.5. The molecule has 0 radical (unpaired) electrons. The van der Waals surface area contributed by atoms with E-state index in [0.717, 1.165) is 22.2 Å². The molecule has 0 spiro atoms. The number of aromatic nitrogens is 1. The minimum atomic E-state index is -3.54. The number of sulfone groups is 1. The van der Waals surface area contributed by atoms with Crippen LogP contribution in [0, 0.1) is 6.92 Å². The van der Waals surface area contributed by atoms with Gasteiger partial charge in [-0.2, -0.15) is 4.99 Å². The van der Waals surface area contributed by atoms with Crippen molar-refractivity contribution < 1.29 is 22.7 Å². The van der Waals surface area contributed by atoms with Crippen LogP contribution in [-0.2, 0) is 21.2 Å². The van der Waals surface area contributed by atoms with Crippen LogP contribution in [0.1, 0.15) is 25.3 Å². The highest BCUT2D eigenvalue weighted by molar-refractivity contribution is 7.91. The van der Waals surface area contributed by atoms with Crippen molar-refractivity contribution in [2.24, 2.45) is 4.99 Å². The normalized spacial score (nSPS) is 12.3. The first-order valence-electron chi connectivity index (χ1n) is 9.91. The van der Waals surface area contributed by atoms with Gasteiger partial charge in [0, 0.05) is 25.1 Å². The molecule has 7 nitrogen and oxygen atoms in total. The van der Waals surface area contributed by atoms with Gasteiger partial charge in [-0.15, -0.1) is 0 Å². The first-order valence-corrected chi connectivity index (χ1v) is 12.4. The summed E-state index contributed by atoms with van der Waals surface area (Å²) < 4.78 is 38.7. The van der Waals surface area contributed by atoms with Gasteiger partial charge < -0.3 is 14.0 Å². The molecule has 1 aromatic heterocycles. The number of thiazole rings is 1. The molecule has 0 saturated carbocycles. The van der Waals surface area contributed by atoms with E-state index in [1.165, 1.54) is 11.3 Å². The minimum Gasteiger partial charge on any atom is -0.493 e.